The third-order valence-corrected chi connectivity index (χ3v) is 1.76. The molecule has 1 rings (SSSR count). The van der Waals surface area contributed by atoms with Gasteiger partial charge in [0.1, 0.15) is 0 Å². The molecular formula is C6H13NO. The predicted molar refractivity (Wildman–Crippen MR) is 32.7 cm³/mol. The highest BCUT2D eigenvalue weighted by Gasteiger charge is 2.24. The van der Waals surface area contributed by atoms with Crippen molar-refractivity contribution >= 4 is 0 Å². The van der Waals surface area contributed by atoms with Gasteiger partial charge in [-0.25, -0.2) is 0 Å². The number of aliphatic hydroxyl groups is 1. The first-order chi connectivity index (χ1) is 3.70. The quantitative estimate of drug-likeness (QED) is 0.477. The lowest BCUT2D eigenvalue weighted by Crippen LogP contribution is -2.16. The molecule has 0 radical (unpaired) electrons. The van der Waals surface area contributed by atoms with Crippen LogP contribution in [0.3, 0.4) is 0 Å². The van der Waals surface area contributed by atoms with Crippen molar-refractivity contribution < 1.29 is 5.11 Å². The average molecular weight is 115 g/mol. The predicted octanol–water partition coefficient (Wildman–Crippen LogP) is -0.0712. The van der Waals surface area contributed by atoms with Crippen LogP contribution in [0.15, 0.2) is 0 Å². The van der Waals surface area contributed by atoms with E-state index in [9.17, 15) is 0 Å². The fourth-order valence-electron chi connectivity index (χ4n) is 1.19. The van der Waals surface area contributed by atoms with E-state index in [0.717, 1.165) is 13.1 Å². The fraction of sp³-hybridized carbons (Fsp3) is 1.00. The summed E-state index contributed by atoms with van der Waals surface area (Å²) in [5.74, 6) is 0.472. The summed E-state index contributed by atoms with van der Waals surface area (Å²) in [7, 11) is 2.03. The first kappa shape index (κ1) is 6.05. The van der Waals surface area contributed by atoms with Crippen LogP contribution in [0.25, 0.3) is 0 Å². The van der Waals surface area contributed by atoms with Gasteiger partial charge in [-0.1, -0.05) is 6.92 Å². The Kier molecular flexibility index (Phi) is 1.54. The molecule has 1 heterocycles. The molecular weight excluding hydrogens is 102 g/mol. The molecule has 1 N–H and O–H groups in total. The van der Waals surface area contributed by atoms with Crippen LogP contribution in [-0.2, 0) is 0 Å². The average Bonchev–Trinajstić information content (AvgIpc) is 1.85. The molecule has 0 amide bonds. The van der Waals surface area contributed by atoms with E-state index >= 15 is 0 Å². The Hall–Kier alpha value is -0.0800. The van der Waals surface area contributed by atoms with Gasteiger partial charge in [0, 0.05) is 13.1 Å². The van der Waals surface area contributed by atoms with Gasteiger partial charge >= 0.3 is 0 Å². The summed E-state index contributed by atoms with van der Waals surface area (Å²) in [5.41, 5.74) is 0. The van der Waals surface area contributed by atoms with E-state index in [1.807, 2.05) is 7.05 Å². The molecule has 8 heavy (non-hydrogen) atoms. The molecule has 0 aromatic heterocycles. The monoisotopic (exact) mass is 115 g/mol. The standard InChI is InChI=1S/C6H13NO/c1-5-3-7(2)4-6(5)8/h5-6,8H,3-4H2,1-2H3/t5-,6-/m1/s1. The number of aliphatic hydroxyl groups excluding tert-OH is 1. The summed E-state index contributed by atoms with van der Waals surface area (Å²) >= 11 is 0. The molecule has 1 aliphatic rings. The maximum Gasteiger partial charge on any atom is 0.0704 e. The summed E-state index contributed by atoms with van der Waals surface area (Å²) < 4.78 is 0. The highest BCUT2D eigenvalue weighted by molar-refractivity contribution is 4.77. The number of likely N-dealkylation sites (N-methyl/N-ethyl adjacent to an activating group) is 1. The summed E-state index contributed by atoms with van der Waals surface area (Å²) in [5, 5.41) is 9.13. The van der Waals surface area contributed by atoms with Crippen LogP contribution >= 0.6 is 0 Å². The van der Waals surface area contributed by atoms with Crippen molar-refractivity contribution in [2.75, 3.05) is 20.1 Å². The molecule has 48 valence electrons. The Bertz CT molecular complexity index is 74.6. The molecule has 0 aromatic carbocycles. The van der Waals surface area contributed by atoms with Crippen LogP contribution in [-0.4, -0.2) is 36.2 Å². The van der Waals surface area contributed by atoms with E-state index in [4.69, 9.17) is 5.11 Å². The molecule has 0 unspecified atom stereocenters. The summed E-state index contributed by atoms with van der Waals surface area (Å²) in [6, 6.07) is 0. The van der Waals surface area contributed by atoms with E-state index in [0.29, 0.717) is 5.92 Å². The summed E-state index contributed by atoms with van der Waals surface area (Å²) in [6.45, 7) is 3.97. The number of likely N-dealkylation sites (tertiary alicyclic amines) is 1. The topological polar surface area (TPSA) is 23.5 Å². The Labute approximate surface area is 50.1 Å². The summed E-state index contributed by atoms with van der Waals surface area (Å²) in [4.78, 5) is 2.15. The number of β-amino-alcohol motifs (C(OH)–C–C–N with tert-alkyl or cyclic N) is 1. The largest absolute Gasteiger partial charge is 0.391 e. The van der Waals surface area contributed by atoms with Crippen LogP contribution in [0.2, 0.25) is 0 Å². The first-order valence-electron chi connectivity index (χ1n) is 3.07. The molecule has 0 aromatic rings. The van der Waals surface area contributed by atoms with Crippen molar-refractivity contribution in [1.82, 2.24) is 4.90 Å². The maximum atomic E-state index is 9.13. The van der Waals surface area contributed by atoms with E-state index in [1.54, 1.807) is 0 Å². The number of rotatable bonds is 0. The first-order valence-corrected chi connectivity index (χ1v) is 3.07. The second kappa shape index (κ2) is 2.03. The molecule has 0 aliphatic carbocycles. The molecule has 2 nitrogen and oxygen atoms in total. The van der Waals surface area contributed by atoms with Gasteiger partial charge in [-0.3, -0.25) is 0 Å². The van der Waals surface area contributed by atoms with Crippen LogP contribution < -0.4 is 0 Å². The molecule has 0 bridgehead atoms. The fourth-order valence-corrected chi connectivity index (χ4v) is 1.19. The molecule has 1 fully saturated rings. The van der Waals surface area contributed by atoms with E-state index in [1.165, 1.54) is 0 Å². The van der Waals surface area contributed by atoms with Crippen molar-refractivity contribution in [3.8, 4) is 0 Å². The Morgan fingerprint density at radius 1 is 1.50 bits per heavy atom. The maximum absolute atomic E-state index is 9.13. The molecule has 0 saturated carbocycles. The zero-order valence-corrected chi connectivity index (χ0v) is 5.46. The minimum Gasteiger partial charge on any atom is -0.391 e. The zero-order chi connectivity index (χ0) is 6.15. The molecule has 1 saturated heterocycles. The second-order valence-corrected chi connectivity index (χ2v) is 2.77. The third-order valence-electron chi connectivity index (χ3n) is 1.76. The van der Waals surface area contributed by atoms with Crippen molar-refractivity contribution in [3.63, 3.8) is 0 Å². The second-order valence-electron chi connectivity index (χ2n) is 2.77. The lowest BCUT2D eigenvalue weighted by Gasteiger charge is -2.02. The number of hydrogen-bond donors (Lipinski definition) is 1. The smallest absolute Gasteiger partial charge is 0.0704 e. The van der Waals surface area contributed by atoms with Crippen molar-refractivity contribution in [3.05, 3.63) is 0 Å². The van der Waals surface area contributed by atoms with E-state index in [-0.39, 0.29) is 6.10 Å². The van der Waals surface area contributed by atoms with Gasteiger partial charge in [-0.2, -0.15) is 0 Å². The van der Waals surface area contributed by atoms with Crippen LogP contribution in [0.1, 0.15) is 6.92 Å². The van der Waals surface area contributed by atoms with E-state index in [2.05, 4.69) is 11.8 Å². The van der Waals surface area contributed by atoms with Crippen molar-refractivity contribution in [2.45, 2.75) is 13.0 Å². The van der Waals surface area contributed by atoms with E-state index < -0.39 is 0 Å². The Balaban J connectivity index is 2.39. The van der Waals surface area contributed by atoms with Gasteiger partial charge in [0.25, 0.3) is 0 Å². The Morgan fingerprint density at radius 3 is 2.25 bits per heavy atom. The van der Waals surface area contributed by atoms with Crippen LogP contribution in [0, 0.1) is 5.92 Å². The van der Waals surface area contributed by atoms with Gasteiger partial charge < -0.3 is 10.0 Å². The molecule has 0 spiro atoms. The molecule has 2 heteroatoms. The zero-order valence-electron chi connectivity index (χ0n) is 5.46. The SMILES string of the molecule is C[C@@H]1CN(C)C[C@H]1O. The van der Waals surface area contributed by atoms with Crippen molar-refractivity contribution in [1.29, 1.82) is 0 Å². The normalized spacial score (nSPS) is 40.9. The third kappa shape index (κ3) is 1.01. The van der Waals surface area contributed by atoms with Crippen molar-refractivity contribution in [2.24, 2.45) is 5.92 Å². The molecule has 1 aliphatic heterocycles. The number of nitrogens with zero attached hydrogens (tertiary/aromatic N) is 1. The highest BCUT2D eigenvalue weighted by atomic mass is 16.3. The van der Waals surface area contributed by atoms with Gasteiger partial charge in [0.05, 0.1) is 6.10 Å². The molecule has 2 atom stereocenters. The van der Waals surface area contributed by atoms with Gasteiger partial charge in [0.15, 0.2) is 0 Å². The lowest BCUT2D eigenvalue weighted by molar-refractivity contribution is 0.151. The van der Waals surface area contributed by atoms with Crippen LogP contribution in [0.5, 0.6) is 0 Å². The minimum atomic E-state index is -0.0833. The van der Waals surface area contributed by atoms with Gasteiger partial charge in [0.2, 0.25) is 0 Å². The summed E-state index contributed by atoms with van der Waals surface area (Å²) in [6.07, 6.45) is -0.0833. The lowest BCUT2D eigenvalue weighted by atomic mass is 10.1. The van der Waals surface area contributed by atoms with Gasteiger partial charge in [-0.15, -0.1) is 0 Å². The number of hydrogen-bond acceptors (Lipinski definition) is 2. The Morgan fingerprint density at radius 2 is 2.12 bits per heavy atom. The van der Waals surface area contributed by atoms with Gasteiger partial charge in [-0.05, 0) is 13.0 Å². The minimum absolute atomic E-state index is 0.0833. The van der Waals surface area contributed by atoms with Crippen LogP contribution in [0.4, 0.5) is 0 Å². The highest BCUT2D eigenvalue weighted by Crippen LogP contribution is 2.12.